The number of hydrogen-bond acceptors (Lipinski definition) is 4. The predicted molar refractivity (Wildman–Crippen MR) is 126 cm³/mol. The van der Waals surface area contributed by atoms with Crippen LogP contribution in [0.15, 0.2) is 56.4 Å². The fraction of sp³-hybridized carbons (Fsp3) is 0.182. The number of thiophene rings is 1. The molecule has 29 heavy (non-hydrogen) atoms. The molecular weight excluding hydrogens is 516 g/mol. The molecule has 1 heterocycles. The Morgan fingerprint density at radius 1 is 1.14 bits per heavy atom. The van der Waals surface area contributed by atoms with E-state index >= 15 is 0 Å². The third kappa shape index (κ3) is 4.47. The standard InChI is InChI=1S/C22H18Br2N2O2S/c23-14-10-13(20(27)17(24)11-14)12-25-22-19(16-8-4-5-9-18(16)29-22)21(28)26-15-6-2-1-3-7-15/h1-3,6-7,10-12,27H,4-5,8-9H2,(H,26,28). The predicted octanol–water partition coefficient (Wildman–Crippen LogP) is 6.86. The molecule has 1 amide bonds. The van der Waals surface area contributed by atoms with Crippen LogP contribution in [0.5, 0.6) is 5.75 Å². The van der Waals surface area contributed by atoms with E-state index in [0.29, 0.717) is 20.6 Å². The molecule has 0 aliphatic heterocycles. The summed E-state index contributed by atoms with van der Waals surface area (Å²) >= 11 is 8.34. The number of amides is 1. The van der Waals surface area contributed by atoms with Crippen molar-refractivity contribution in [1.82, 2.24) is 0 Å². The summed E-state index contributed by atoms with van der Waals surface area (Å²) in [5, 5.41) is 14.0. The first-order chi connectivity index (χ1) is 14.0. The lowest BCUT2D eigenvalue weighted by Gasteiger charge is -2.12. The van der Waals surface area contributed by atoms with E-state index in [-0.39, 0.29) is 11.7 Å². The highest BCUT2D eigenvalue weighted by atomic mass is 79.9. The maximum absolute atomic E-state index is 13.1. The normalized spacial score (nSPS) is 13.4. The lowest BCUT2D eigenvalue weighted by molar-refractivity contribution is 0.102. The van der Waals surface area contributed by atoms with Gasteiger partial charge in [-0.05, 0) is 71.4 Å². The summed E-state index contributed by atoms with van der Waals surface area (Å²) in [5.74, 6) is -0.0176. The first-order valence-electron chi connectivity index (χ1n) is 9.26. The fourth-order valence-electron chi connectivity index (χ4n) is 3.40. The summed E-state index contributed by atoms with van der Waals surface area (Å²) in [7, 11) is 0. The minimum absolute atomic E-state index is 0.119. The fourth-order valence-corrected chi connectivity index (χ4v) is 5.89. The first-order valence-corrected chi connectivity index (χ1v) is 11.7. The van der Waals surface area contributed by atoms with Gasteiger partial charge in [-0.25, -0.2) is 4.99 Å². The lowest BCUT2D eigenvalue weighted by atomic mass is 9.95. The number of aliphatic imine (C=N–C) groups is 1. The van der Waals surface area contributed by atoms with E-state index in [1.807, 2.05) is 30.3 Å². The van der Waals surface area contributed by atoms with Crippen molar-refractivity contribution in [2.24, 2.45) is 4.99 Å². The molecule has 2 aromatic carbocycles. The zero-order chi connectivity index (χ0) is 20.4. The summed E-state index contributed by atoms with van der Waals surface area (Å²) < 4.78 is 1.41. The van der Waals surface area contributed by atoms with Gasteiger partial charge in [-0.15, -0.1) is 11.3 Å². The number of fused-ring (bicyclic) bond motifs is 1. The van der Waals surface area contributed by atoms with Gasteiger partial charge in [0.2, 0.25) is 0 Å². The van der Waals surface area contributed by atoms with Crippen LogP contribution in [0.2, 0.25) is 0 Å². The van der Waals surface area contributed by atoms with E-state index in [1.54, 1.807) is 29.7 Å². The average molecular weight is 534 g/mol. The summed E-state index contributed by atoms with van der Waals surface area (Å²) in [6.45, 7) is 0. The van der Waals surface area contributed by atoms with Crippen molar-refractivity contribution in [2.45, 2.75) is 25.7 Å². The van der Waals surface area contributed by atoms with Crippen molar-refractivity contribution >= 4 is 66.0 Å². The van der Waals surface area contributed by atoms with Crippen molar-refractivity contribution in [3.8, 4) is 5.75 Å². The number of anilines is 1. The summed E-state index contributed by atoms with van der Waals surface area (Å²) in [6.07, 6.45) is 5.70. The molecule has 0 unspecified atom stereocenters. The number of carbonyl (C=O) groups excluding carboxylic acids is 1. The number of carbonyl (C=O) groups is 1. The Hall–Kier alpha value is -1.96. The van der Waals surface area contributed by atoms with E-state index in [2.05, 4.69) is 42.2 Å². The van der Waals surface area contributed by atoms with E-state index in [4.69, 9.17) is 0 Å². The van der Waals surface area contributed by atoms with Gasteiger partial charge in [0.15, 0.2) is 0 Å². The van der Waals surface area contributed by atoms with Crippen LogP contribution in [-0.2, 0) is 12.8 Å². The van der Waals surface area contributed by atoms with Gasteiger partial charge in [0.05, 0.1) is 10.0 Å². The molecule has 0 saturated heterocycles. The van der Waals surface area contributed by atoms with Crippen molar-refractivity contribution in [2.75, 3.05) is 5.32 Å². The number of hydrogen-bond donors (Lipinski definition) is 2. The van der Waals surface area contributed by atoms with Crippen LogP contribution in [-0.4, -0.2) is 17.2 Å². The molecule has 3 aromatic rings. The molecule has 0 radical (unpaired) electrons. The van der Waals surface area contributed by atoms with E-state index in [0.717, 1.165) is 41.4 Å². The number of aromatic hydroxyl groups is 1. The van der Waals surface area contributed by atoms with Gasteiger partial charge in [0.1, 0.15) is 10.8 Å². The van der Waals surface area contributed by atoms with Crippen LogP contribution >= 0.6 is 43.2 Å². The second-order valence-corrected chi connectivity index (χ2v) is 9.65. The van der Waals surface area contributed by atoms with E-state index in [9.17, 15) is 9.90 Å². The molecule has 148 valence electrons. The average Bonchev–Trinajstić information content (AvgIpc) is 3.09. The van der Waals surface area contributed by atoms with Crippen molar-refractivity contribution in [1.29, 1.82) is 0 Å². The molecule has 2 N–H and O–H groups in total. The van der Waals surface area contributed by atoms with Crippen LogP contribution in [0.25, 0.3) is 0 Å². The van der Waals surface area contributed by atoms with E-state index in [1.165, 1.54) is 4.88 Å². The van der Waals surface area contributed by atoms with Crippen LogP contribution in [0.3, 0.4) is 0 Å². The first kappa shape index (κ1) is 20.3. The molecule has 4 rings (SSSR count). The third-order valence-corrected chi connectivity index (χ3v) is 7.05. The number of nitrogens with zero attached hydrogens (tertiary/aromatic N) is 1. The second kappa shape index (κ2) is 8.81. The van der Waals surface area contributed by atoms with Crippen LogP contribution in [0.4, 0.5) is 10.7 Å². The largest absolute Gasteiger partial charge is 0.506 e. The maximum atomic E-state index is 13.1. The minimum atomic E-state index is -0.137. The Balaban J connectivity index is 1.72. The van der Waals surface area contributed by atoms with Gasteiger partial charge in [-0.3, -0.25) is 4.79 Å². The number of phenols is 1. The number of aryl methyl sites for hydroxylation is 1. The SMILES string of the molecule is O=C(Nc1ccccc1)c1c(N=Cc2cc(Br)cc(Br)c2O)sc2c1CCCC2. The molecule has 4 nitrogen and oxygen atoms in total. The monoisotopic (exact) mass is 532 g/mol. The zero-order valence-corrected chi connectivity index (χ0v) is 19.4. The van der Waals surface area contributed by atoms with Crippen LogP contribution < -0.4 is 5.32 Å². The Morgan fingerprint density at radius 3 is 2.69 bits per heavy atom. The van der Waals surface area contributed by atoms with Gasteiger partial charge in [0.25, 0.3) is 5.91 Å². The molecule has 0 bridgehead atoms. The van der Waals surface area contributed by atoms with Gasteiger partial charge >= 0.3 is 0 Å². The van der Waals surface area contributed by atoms with Crippen LogP contribution in [0.1, 0.15) is 39.2 Å². The summed E-state index contributed by atoms with van der Waals surface area (Å²) in [6, 6.07) is 13.0. The molecule has 0 saturated carbocycles. The molecule has 0 atom stereocenters. The van der Waals surface area contributed by atoms with Crippen molar-refractivity contribution in [3.05, 3.63) is 73.0 Å². The molecule has 0 fully saturated rings. The molecular formula is C22H18Br2N2O2S. The molecule has 1 aliphatic carbocycles. The molecule has 1 aromatic heterocycles. The Bertz CT molecular complexity index is 1090. The van der Waals surface area contributed by atoms with Gasteiger partial charge < -0.3 is 10.4 Å². The minimum Gasteiger partial charge on any atom is -0.506 e. The number of rotatable bonds is 4. The molecule has 0 spiro atoms. The highest BCUT2D eigenvalue weighted by molar-refractivity contribution is 9.11. The van der Waals surface area contributed by atoms with Gasteiger partial charge in [-0.1, -0.05) is 34.1 Å². The third-order valence-electron chi connectivity index (χ3n) is 4.79. The zero-order valence-electron chi connectivity index (χ0n) is 15.4. The number of benzene rings is 2. The quantitative estimate of drug-likeness (QED) is 0.360. The highest BCUT2D eigenvalue weighted by Gasteiger charge is 2.25. The van der Waals surface area contributed by atoms with Gasteiger partial charge in [-0.2, -0.15) is 0 Å². The Morgan fingerprint density at radius 2 is 1.90 bits per heavy atom. The topological polar surface area (TPSA) is 61.7 Å². The smallest absolute Gasteiger partial charge is 0.259 e. The molecule has 7 heteroatoms. The number of phenolic OH excluding ortho intramolecular Hbond substituents is 1. The number of nitrogens with one attached hydrogen (secondary N) is 1. The Labute approximate surface area is 190 Å². The lowest BCUT2D eigenvalue weighted by Crippen LogP contribution is -2.14. The summed E-state index contributed by atoms with van der Waals surface area (Å²) in [5.41, 5.74) is 3.10. The Kier molecular flexibility index (Phi) is 6.18. The van der Waals surface area contributed by atoms with Crippen molar-refractivity contribution in [3.63, 3.8) is 0 Å². The number of para-hydroxylation sites is 1. The van der Waals surface area contributed by atoms with Crippen molar-refractivity contribution < 1.29 is 9.90 Å². The highest BCUT2D eigenvalue weighted by Crippen LogP contribution is 2.40. The summed E-state index contributed by atoms with van der Waals surface area (Å²) in [4.78, 5) is 19.0. The number of halogens is 2. The van der Waals surface area contributed by atoms with E-state index < -0.39 is 0 Å². The molecule has 1 aliphatic rings. The van der Waals surface area contributed by atoms with Crippen LogP contribution in [0, 0.1) is 0 Å². The van der Waals surface area contributed by atoms with Gasteiger partial charge in [0, 0.05) is 26.8 Å². The maximum Gasteiger partial charge on any atom is 0.259 e. The second-order valence-electron chi connectivity index (χ2n) is 6.79.